The topological polar surface area (TPSA) is 101 Å². The van der Waals surface area contributed by atoms with Crippen LogP contribution in [0.25, 0.3) is 0 Å². The second-order valence-corrected chi connectivity index (χ2v) is 9.91. The number of anilines is 2. The van der Waals surface area contributed by atoms with Gasteiger partial charge in [0.1, 0.15) is 15.6 Å². The number of nitrogens with zero attached hydrogens (tertiary/aromatic N) is 1. The van der Waals surface area contributed by atoms with E-state index in [2.05, 4.69) is 5.32 Å². The van der Waals surface area contributed by atoms with Crippen LogP contribution >= 0.6 is 0 Å². The fourth-order valence-corrected chi connectivity index (χ4v) is 7.40. The normalized spacial score (nSPS) is 16.2. The molecule has 0 aromatic heterocycles. The molecule has 0 saturated heterocycles. The number of rotatable bonds is 3. The first kappa shape index (κ1) is 19.1. The summed E-state index contributed by atoms with van der Waals surface area (Å²) in [5.41, 5.74) is 0.224. The van der Waals surface area contributed by atoms with Crippen LogP contribution in [0.4, 0.5) is 15.8 Å². The third-order valence-electron chi connectivity index (χ3n) is 4.26. The Morgan fingerprint density at radius 3 is 1.97 bits per heavy atom. The summed E-state index contributed by atoms with van der Waals surface area (Å²) in [6.07, 6.45) is 0. The van der Waals surface area contributed by atoms with Gasteiger partial charge in [0.05, 0.1) is 5.69 Å². The monoisotopic (exact) mass is 432 g/mol. The predicted molar refractivity (Wildman–Crippen MR) is 104 cm³/mol. The van der Waals surface area contributed by atoms with Crippen LogP contribution in [0.15, 0.2) is 82.6 Å². The van der Waals surface area contributed by atoms with Crippen LogP contribution in [-0.2, 0) is 20.0 Å². The second-order valence-electron chi connectivity index (χ2n) is 6.17. The smallest absolute Gasteiger partial charge is 0.279 e. The molecule has 0 fully saturated rings. The first-order chi connectivity index (χ1) is 13.7. The highest BCUT2D eigenvalue weighted by molar-refractivity contribution is 8.12. The zero-order valence-corrected chi connectivity index (χ0v) is 16.2. The molecule has 0 saturated carbocycles. The zero-order chi connectivity index (χ0) is 20.8. The molecule has 148 valence electrons. The van der Waals surface area contributed by atoms with Crippen molar-refractivity contribution in [1.29, 1.82) is 0 Å². The summed E-state index contributed by atoms with van der Waals surface area (Å²) >= 11 is 0. The van der Waals surface area contributed by atoms with Crippen LogP contribution < -0.4 is 9.03 Å². The number of hydrogen-bond acceptors (Lipinski definition) is 5. The lowest BCUT2D eigenvalue weighted by Gasteiger charge is -2.17. The molecule has 0 radical (unpaired) electrons. The van der Waals surface area contributed by atoms with Crippen LogP contribution in [0, 0.1) is 5.82 Å². The fraction of sp³-hybridized carbons (Fsp3) is 0. The van der Waals surface area contributed by atoms with Crippen molar-refractivity contribution in [2.45, 2.75) is 9.79 Å². The number of hydrogen-bond donors (Lipinski definition) is 1. The molecule has 1 amide bonds. The Kier molecular flexibility index (Phi) is 4.39. The molecule has 1 aliphatic heterocycles. The maximum absolute atomic E-state index is 13.0. The van der Waals surface area contributed by atoms with Crippen molar-refractivity contribution in [1.82, 2.24) is 0 Å². The fourth-order valence-electron chi connectivity index (χ4n) is 2.96. The van der Waals surface area contributed by atoms with E-state index in [1.807, 2.05) is 0 Å². The molecule has 1 aliphatic rings. The highest BCUT2D eigenvalue weighted by Crippen LogP contribution is 2.40. The molecule has 1 heterocycles. The molecule has 29 heavy (non-hydrogen) atoms. The summed E-state index contributed by atoms with van der Waals surface area (Å²) in [5.74, 6) is -1.05. The van der Waals surface area contributed by atoms with Crippen LogP contribution in [0.2, 0.25) is 0 Å². The molecular weight excluding hydrogens is 419 g/mol. The number of sulfonamides is 2. The van der Waals surface area contributed by atoms with E-state index in [1.165, 1.54) is 60.7 Å². The predicted octanol–water partition coefficient (Wildman–Crippen LogP) is 2.98. The number of fused-ring (bicyclic) bond motifs is 1. The summed E-state index contributed by atoms with van der Waals surface area (Å²) in [6.45, 7) is 0. The maximum Gasteiger partial charge on any atom is 0.279 e. The Labute approximate surface area is 166 Å². The van der Waals surface area contributed by atoms with Crippen molar-refractivity contribution in [2.75, 3.05) is 9.03 Å². The molecular formula is C19H13FN2O5S2. The van der Waals surface area contributed by atoms with E-state index in [1.54, 1.807) is 0 Å². The molecule has 7 nitrogen and oxygen atoms in total. The van der Waals surface area contributed by atoms with Crippen molar-refractivity contribution >= 4 is 37.3 Å². The van der Waals surface area contributed by atoms with Crippen molar-refractivity contribution in [3.05, 3.63) is 84.2 Å². The van der Waals surface area contributed by atoms with Crippen LogP contribution in [0.3, 0.4) is 0 Å². The highest BCUT2D eigenvalue weighted by Gasteiger charge is 2.47. The third kappa shape index (κ3) is 3.15. The van der Waals surface area contributed by atoms with Gasteiger partial charge in [-0.25, -0.2) is 4.39 Å². The Morgan fingerprint density at radius 1 is 0.793 bits per heavy atom. The Hall–Kier alpha value is -3.24. The maximum atomic E-state index is 13.0. The number of benzene rings is 3. The summed E-state index contributed by atoms with van der Waals surface area (Å²) < 4.78 is 64.6. The lowest BCUT2D eigenvalue weighted by atomic mass is 10.2. The minimum Gasteiger partial charge on any atom is -0.322 e. The summed E-state index contributed by atoms with van der Waals surface area (Å²) in [6, 6.07) is 15.6. The molecule has 3 aromatic rings. The number of amides is 1. The quantitative estimate of drug-likeness (QED) is 0.686. The van der Waals surface area contributed by atoms with Gasteiger partial charge in [-0.15, -0.1) is 0 Å². The third-order valence-corrected chi connectivity index (χ3v) is 8.69. The van der Waals surface area contributed by atoms with Crippen LogP contribution in [0.5, 0.6) is 0 Å². The minimum absolute atomic E-state index is 0.141. The number of nitrogens with one attached hydrogen (secondary N) is 1. The van der Waals surface area contributed by atoms with Gasteiger partial charge in [0.25, 0.3) is 26.0 Å². The lowest BCUT2D eigenvalue weighted by molar-refractivity contribution is 0.102. The van der Waals surface area contributed by atoms with Gasteiger partial charge >= 0.3 is 0 Å². The number of carbonyl (C=O) groups is 1. The van der Waals surface area contributed by atoms with Crippen molar-refractivity contribution < 1.29 is 26.0 Å². The van der Waals surface area contributed by atoms with Gasteiger partial charge in [0.15, 0.2) is 0 Å². The minimum atomic E-state index is -4.32. The molecule has 1 N–H and O–H groups in total. The second kappa shape index (κ2) is 6.68. The van der Waals surface area contributed by atoms with Gasteiger partial charge in [-0.1, -0.05) is 18.2 Å². The van der Waals surface area contributed by atoms with E-state index in [9.17, 15) is 26.0 Å². The molecule has 0 aliphatic carbocycles. The lowest BCUT2D eigenvalue weighted by Crippen LogP contribution is -2.30. The highest BCUT2D eigenvalue weighted by atomic mass is 32.3. The van der Waals surface area contributed by atoms with E-state index < -0.39 is 31.8 Å². The molecule has 0 bridgehead atoms. The Morgan fingerprint density at radius 2 is 1.38 bits per heavy atom. The van der Waals surface area contributed by atoms with Gasteiger partial charge in [-0.3, -0.25) is 4.79 Å². The molecule has 10 heteroatoms. The van der Waals surface area contributed by atoms with E-state index in [-0.39, 0.29) is 26.7 Å². The van der Waals surface area contributed by atoms with E-state index in [4.69, 9.17) is 0 Å². The summed E-state index contributed by atoms with van der Waals surface area (Å²) in [5, 5.41) is 2.54. The Bertz CT molecular complexity index is 1280. The SMILES string of the molecule is O=C(Nc1cccc(N2S(=O)(=O)c3ccccc3S2(=O)=O)c1)c1ccc(F)cc1. The van der Waals surface area contributed by atoms with Crippen molar-refractivity contribution in [3.8, 4) is 0 Å². The molecule has 0 unspecified atom stereocenters. The van der Waals surface area contributed by atoms with Crippen molar-refractivity contribution in [2.24, 2.45) is 0 Å². The zero-order valence-electron chi connectivity index (χ0n) is 14.6. The standard InChI is InChI=1S/C19H13FN2O5S2/c20-14-10-8-13(9-11-14)19(23)21-15-4-3-5-16(12-15)22-28(24,25)17-6-1-2-7-18(17)29(22,26)27/h1-12H,(H,21,23). The number of halogens is 1. The van der Waals surface area contributed by atoms with E-state index >= 15 is 0 Å². The molecule has 3 aromatic carbocycles. The molecule has 4 rings (SSSR count). The van der Waals surface area contributed by atoms with Crippen LogP contribution in [-0.4, -0.2) is 22.7 Å². The summed E-state index contributed by atoms with van der Waals surface area (Å²) in [4.78, 5) is 11.7. The average Bonchev–Trinajstić information content (AvgIpc) is 2.84. The van der Waals surface area contributed by atoms with Gasteiger partial charge in [0, 0.05) is 11.3 Å². The van der Waals surface area contributed by atoms with Gasteiger partial charge in [0.2, 0.25) is 0 Å². The Balaban J connectivity index is 1.71. The molecule has 0 atom stereocenters. The summed E-state index contributed by atoms with van der Waals surface area (Å²) in [7, 11) is -8.64. The average molecular weight is 432 g/mol. The first-order valence-corrected chi connectivity index (χ1v) is 11.2. The van der Waals surface area contributed by atoms with Gasteiger partial charge < -0.3 is 5.32 Å². The number of carbonyl (C=O) groups excluding carboxylic acids is 1. The molecule has 0 spiro atoms. The van der Waals surface area contributed by atoms with Gasteiger partial charge in [-0.2, -0.15) is 20.5 Å². The van der Waals surface area contributed by atoms with Crippen molar-refractivity contribution in [3.63, 3.8) is 0 Å². The first-order valence-electron chi connectivity index (χ1n) is 8.28. The van der Waals surface area contributed by atoms with E-state index in [0.717, 1.165) is 12.1 Å². The largest absolute Gasteiger partial charge is 0.322 e. The van der Waals surface area contributed by atoms with Crippen LogP contribution in [0.1, 0.15) is 10.4 Å². The van der Waals surface area contributed by atoms with E-state index in [0.29, 0.717) is 3.71 Å². The van der Waals surface area contributed by atoms with Gasteiger partial charge in [-0.05, 0) is 54.6 Å².